The Labute approximate surface area is 126 Å². The summed E-state index contributed by atoms with van der Waals surface area (Å²) in [5, 5.41) is 4.41. The van der Waals surface area contributed by atoms with Crippen molar-refractivity contribution in [3.63, 3.8) is 0 Å². The van der Waals surface area contributed by atoms with Gasteiger partial charge in [0.25, 0.3) is 5.91 Å². The minimum atomic E-state index is -0.553. The molecule has 1 aromatic heterocycles. The number of carbonyl (C=O) groups excluding carboxylic acids is 3. The van der Waals surface area contributed by atoms with Crippen molar-refractivity contribution in [3.05, 3.63) is 35.7 Å². The Kier molecular flexibility index (Phi) is 2.63. The van der Waals surface area contributed by atoms with Crippen molar-refractivity contribution in [2.75, 3.05) is 0 Å². The van der Waals surface area contributed by atoms with E-state index in [9.17, 15) is 14.4 Å². The number of aryl methyl sites for hydroxylation is 1. The summed E-state index contributed by atoms with van der Waals surface area (Å²) in [7, 11) is 1.95. The molecule has 6 heteroatoms. The lowest BCUT2D eigenvalue weighted by molar-refractivity contribution is -0.136. The Balaban J connectivity index is 1.69. The first-order valence-corrected chi connectivity index (χ1v) is 7.26. The highest BCUT2D eigenvalue weighted by Gasteiger charge is 2.39. The molecule has 6 nitrogen and oxygen atoms in total. The molecule has 112 valence electrons. The van der Waals surface area contributed by atoms with Crippen molar-refractivity contribution in [1.29, 1.82) is 0 Å². The Morgan fingerprint density at radius 2 is 1.86 bits per heavy atom. The number of piperidine rings is 1. The van der Waals surface area contributed by atoms with Crippen LogP contribution in [0, 0.1) is 0 Å². The number of aromatic nitrogens is 1. The number of hydrogen-bond donors (Lipinski definition) is 1. The van der Waals surface area contributed by atoms with Gasteiger partial charge in [-0.25, -0.2) is 0 Å². The fourth-order valence-corrected chi connectivity index (χ4v) is 3.35. The zero-order valence-corrected chi connectivity index (χ0v) is 12.1. The first kappa shape index (κ1) is 13.1. The molecule has 4 rings (SSSR count). The SMILES string of the molecule is Cn1cc2cc3c(cc2c1)C(=O)N([C@H]1CCC(=O)NC1=O)C3. The molecular weight excluding hydrogens is 282 g/mol. The maximum atomic E-state index is 12.6. The number of carbonyl (C=O) groups is 3. The van der Waals surface area contributed by atoms with E-state index < -0.39 is 6.04 Å². The van der Waals surface area contributed by atoms with Crippen LogP contribution in [0.5, 0.6) is 0 Å². The van der Waals surface area contributed by atoms with Gasteiger partial charge in [-0.2, -0.15) is 0 Å². The van der Waals surface area contributed by atoms with Crippen LogP contribution in [0.25, 0.3) is 10.8 Å². The van der Waals surface area contributed by atoms with Crippen molar-refractivity contribution in [3.8, 4) is 0 Å². The van der Waals surface area contributed by atoms with Crippen LogP contribution in [0.15, 0.2) is 24.5 Å². The van der Waals surface area contributed by atoms with Crippen molar-refractivity contribution >= 4 is 28.5 Å². The van der Waals surface area contributed by atoms with E-state index in [2.05, 4.69) is 5.32 Å². The summed E-state index contributed by atoms with van der Waals surface area (Å²) in [5.41, 5.74) is 1.59. The molecule has 0 aliphatic carbocycles. The Hall–Kier alpha value is -2.63. The fraction of sp³-hybridized carbons (Fsp3) is 0.312. The summed E-state index contributed by atoms with van der Waals surface area (Å²) in [5.74, 6) is -0.769. The first-order chi connectivity index (χ1) is 10.5. The molecule has 3 amide bonds. The maximum absolute atomic E-state index is 12.6. The number of fused-ring (bicyclic) bond motifs is 2. The zero-order valence-electron chi connectivity index (χ0n) is 12.1. The molecule has 0 bridgehead atoms. The van der Waals surface area contributed by atoms with E-state index in [4.69, 9.17) is 0 Å². The smallest absolute Gasteiger partial charge is 0.255 e. The predicted octanol–water partition coefficient (Wildman–Crippen LogP) is 0.939. The van der Waals surface area contributed by atoms with Crippen LogP contribution < -0.4 is 5.32 Å². The van der Waals surface area contributed by atoms with Gasteiger partial charge >= 0.3 is 0 Å². The van der Waals surface area contributed by atoms with Crippen LogP contribution in [0.1, 0.15) is 28.8 Å². The average Bonchev–Trinajstić information content (AvgIpc) is 2.96. The highest BCUT2D eigenvalue weighted by molar-refractivity contribution is 6.07. The van der Waals surface area contributed by atoms with E-state index in [0.29, 0.717) is 18.5 Å². The highest BCUT2D eigenvalue weighted by Crippen LogP contribution is 2.31. The number of rotatable bonds is 1. The number of amides is 3. The van der Waals surface area contributed by atoms with Gasteiger partial charge in [-0.1, -0.05) is 0 Å². The Morgan fingerprint density at radius 3 is 2.59 bits per heavy atom. The molecule has 1 fully saturated rings. The monoisotopic (exact) mass is 297 g/mol. The lowest BCUT2D eigenvalue weighted by atomic mass is 10.0. The summed E-state index contributed by atoms with van der Waals surface area (Å²) in [6.07, 6.45) is 4.65. The van der Waals surface area contributed by atoms with E-state index in [1.54, 1.807) is 4.90 Å². The lowest BCUT2D eigenvalue weighted by Gasteiger charge is -2.29. The van der Waals surface area contributed by atoms with Crippen molar-refractivity contribution in [2.45, 2.75) is 25.4 Å². The molecule has 3 heterocycles. The molecule has 0 unspecified atom stereocenters. The molecule has 1 saturated heterocycles. The van der Waals surface area contributed by atoms with Gasteiger partial charge in [0.05, 0.1) is 0 Å². The van der Waals surface area contributed by atoms with E-state index in [1.165, 1.54) is 0 Å². The van der Waals surface area contributed by atoms with Crippen LogP contribution in [0.2, 0.25) is 0 Å². The minimum Gasteiger partial charge on any atom is -0.356 e. The number of benzene rings is 1. The van der Waals surface area contributed by atoms with E-state index >= 15 is 0 Å². The molecule has 22 heavy (non-hydrogen) atoms. The standard InChI is InChI=1S/C16H15N3O3/c1-18-6-9-4-11-8-19(13-2-3-14(20)17-15(13)21)16(22)12(11)5-10(9)7-18/h4-7,13H,2-3,8H2,1H3,(H,17,20,21)/t13-/m0/s1. The molecular formula is C16H15N3O3. The van der Waals surface area contributed by atoms with E-state index in [1.807, 2.05) is 36.1 Å². The van der Waals surface area contributed by atoms with Crippen LogP contribution in [-0.2, 0) is 23.2 Å². The van der Waals surface area contributed by atoms with Gasteiger partial charge in [-0.15, -0.1) is 0 Å². The third kappa shape index (κ3) is 1.83. The average molecular weight is 297 g/mol. The maximum Gasteiger partial charge on any atom is 0.255 e. The van der Waals surface area contributed by atoms with E-state index in [-0.39, 0.29) is 24.1 Å². The summed E-state index contributed by atoms with van der Waals surface area (Å²) >= 11 is 0. The number of nitrogens with one attached hydrogen (secondary N) is 1. The fourth-order valence-electron chi connectivity index (χ4n) is 3.35. The molecule has 2 aromatic rings. The van der Waals surface area contributed by atoms with Crippen LogP contribution in [-0.4, -0.2) is 33.2 Å². The van der Waals surface area contributed by atoms with Crippen LogP contribution in [0.4, 0.5) is 0 Å². The molecule has 0 saturated carbocycles. The van der Waals surface area contributed by atoms with Gasteiger partial charge in [-0.3, -0.25) is 19.7 Å². The quantitative estimate of drug-likeness (QED) is 0.796. The Morgan fingerprint density at radius 1 is 1.14 bits per heavy atom. The van der Waals surface area contributed by atoms with Gasteiger partial charge in [0, 0.05) is 43.4 Å². The summed E-state index contributed by atoms with van der Waals surface area (Å²) in [6, 6.07) is 3.34. The normalized spacial score (nSPS) is 21.4. The second kappa shape index (κ2) is 4.43. The lowest BCUT2D eigenvalue weighted by Crippen LogP contribution is -2.52. The molecule has 2 aliphatic heterocycles. The van der Waals surface area contributed by atoms with Crippen LogP contribution in [0.3, 0.4) is 0 Å². The van der Waals surface area contributed by atoms with Gasteiger partial charge in [-0.05, 0) is 29.5 Å². The van der Waals surface area contributed by atoms with Gasteiger partial charge in [0.1, 0.15) is 6.04 Å². The molecule has 1 aromatic carbocycles. The van der Waals surface area contributed by atoms with Crippen molar-refractivity contribution in [1.82, 2.24) is 14.8 Å². The number of imide groups is 1. The summed E-state index contributed by atoms with van der Waals surface area (Å²) < 4.78 is 1.96. The zero-order chi connectivity index (χ0) is 15.4. The second-order valence-corrected chi connectivity index (χ2v) is 5.96. The third-order valence-electron chi connectivity index (χ3n) is 4.41. The highest BCUT2D eigenvalue weighted by atomic mass is 16.2. The topological polar surface area (TPSA) is 71.4 Å². The van der Waals surface area contributed by atoms with Crippen molar-refractivity contribution < 1.29 is 14.4 Å². The molecule has 0 spiro atoms. The molecule has 1 N–H and O–H groups in total. The number of hydrogen-bond acceptors (Lipinski definition) is 3. The van der Waals surface area contributed by atoms with Gasteiger partial charge in [0.2, 0.25) is 11.8 Å². The van der Waals surface area contributed by atoms with E-state index in [0.717, 1.165) is 16.3 Å². The van der Waals surface area contributed by atoms with Crippen LogP contribution >= 0.6 is 0 Å². The predicted molar refractivity (Wildman–Crippen MR) is 79.0 cm³/mol. The molecule has 0 radical (unpaired) electrons. The molecule has 2 aliphatic rings. The van der Waals surface area contributed by atoms with Crippen molar-refractivity contribution in [2.24, 2.45) is 7.05 Å². The Bertz CT molecular complexity index is 837. The van der Waals surface area contributed by atoms with Gasteiger partial charge < -0.3 is 9.47 Å². The summed E-state index contributed by atoms with van der Waals surface area (Å²) in [6.45, 7) is 0.422. The molecule has 1 atom stereocenters. The van der Waals surface area contributed by atoms with Gasteiger partial charge in [0.15, 0.2) is 0 Å². The first-order valence-electron chi connectivity index (χ1n) is 7.26. The minimum absolute atomic E-state index is 0.129. The summed E-state index contributed by atoms with van der Waals surface area (Å²) in [4.78, 5) is 37.4. The number of nitrogens with zero attached hydrogens (tertiary/aromatic N) is 2. The largest absolute Gasteiger partial charge is 0.356 e. The second-order valence-electron chi connectivity index (χ2n) is 5.96. The third-order valence-corrected chi connectivity index (χ3v) is 4.41.